The minimum absolute atomic E-state index is 0.120. The summed E-state index contributed by atoms with van der Waals surface area (Å²) in [5.41, 5.74) is 1.29. The predicted octanol–water partition coefficient (Wildman–Crippen LogP) is 3.80. The number of halogens is 1. The molecule has 1 saturated heterocycles. The maximum absolute atomic E-state index is 13.3. The molecule has 0 amide bonds. The molecule has 0 saturated carbocycles. The van der Waals surface area contributed by atoms with Crippen LogP contribution in [0.3, 0.4) is 0 Å². The van der Waals surface area contributed by atoms with Gasteiger partial charge in [0.2, 0.25) is 9.84 Å². The Morgan fingerprint density at radius 1 is 0.966 bits per heavy atom. The van der Waals surface area contributed by atoms with Crippen LogP contribution in [-0.4, -0.2) is 31.5 Å². The Morgan fingerprint density at radius 2 is 1.59 bits per heavy atom. The first-order valence-electron chi connectivity index (χ1n) is 9.41. The fraction of sp³-hybridized carbons (Fsp3) is 0.286. The smallest absolute Gasteiger partial charge is 0.200 e. The average molecular weight is 410 g/mol. The normalized spacial score (nSPS) is 15.8. The molecule has 1 aromatic heterocycles. The quantitative estimate of drug-likeness (QED) is 0.608. The summed E-state index contributed by atoms with van der Waals surface area (Å²) in [6.45, 7) is 1.46. The summed E-state index contributed by atoms with van der Waals surface area (Å²) in [5, 5.41) is 8.30. The molecule has 8 heteroatoms. The lowest BCUT2D eigenvalue weighted by Gasteiger charge is -2.30. The van der Waals surface area contributed by atoms with Gasteiger partial charge in [-0.3, -0.25) is 0 Å². The molecule has 2 aromatic carbocycles. The second-order valence-electron chi connectivity index (χ2n) is 6.98. The van der Waals surface area contributed by atoms with E-state index in [0.29, 0.717) is 16.9 Å². The topological polar surface area (TPSA) is 86.9 Å². The van der Waals surface area contributed by atoms with E-state index in [9.17, 15) is 18.1 Å². The van der Waals surface area contributed by atoms with Crippen molar-refractivity contribution in [1.29, 1.82) is 5.26 Å². The molecule has 0 unspecified atom stereocenters. The number of nitrogens with zero attached hydrogens (tertiary/aromatic N) is 4. The molecule has 0 aliphatic carbocycles. The van der Waals surface area contributed by atoms with Gasteiger partial charge in [0.1, 0.15) is 11.5 Å². The zero-order valence-corrected chi connectivity index (χ0v) is 16.4. The maximum atomic E-state index is 13.3. The van der Waals surface area contributed by atoms with Crippen molar-refractivity contribution in [1.82, 2.24) is 9.97 Å². The van der Waals surface area contributed by atoms with Gasteiger partial charge in [-0.25, -0.2) is 22.8 Å². The summed E-state index contributed by atoms with van der Waals surface area (Å²) in [6.07, 6.45) is 3.04. The lowest BCUT2D eigenvalue weighted by atomic mass is 10.1. The monoisotopic (exact) mass is 410 g/mol. The first kappa shape index (κ1) is 19.3. The highest BCUT2D eigenvalue weighted by Crippen LogP contribution is 2.34. The molecule has 1 fully saturated rings. The Hall–Kier alpha value is -3.05. The summed E-state index contributed by atoms with van der Waals surface area (Å²) in [4.78, 5) is 11.1. The fourth-order valence-electron chi connectivity index (χ4n) is 3.56. The van der Waals surface area contributed by atoms with E-state index in [4.69, 9.17) is 0 Å². The van der Waals surface area contributed by atoms with Gasteiger partial charge in [-0.1, -0.05) is 12.1 Å². The number of benzene rings is 2. The standard InChI is InChI=1S/C21H19FN4O2S/c22-15-8-10-16(11-9-15)29(27,28)19(14-23)20-21(26-12-4-1-5-13-26)25-18-7-3-2-6-17(18)24-20/h2-3,6-11,19H,1,4-5,12-13H2/t19-/m1/s1. The van der Waals surface area contributed by atoms with Gasteiger partial charge < -0.3 is 4.90 Å². The van der Waals surface area contributed by atoms with Crippen molar-refractivity contribution in [3.05, 3.63) is 60.0 Å². The van der Waals surface area contributed by atoms with Crippen molar-refractivity contribution in [3.63, 3.8) is 0 Å². The van der Waals surface area contributed by atoms with Crippen molar-refractivity contribution < 1.29 is 12.8 Å². The van der Waals surface area contributed by atoms with Crippen molar-refractivity contribution in [2.24, 2.45) is 0 Å². The van der Waals surface area contributed by atoms with Crippen LogP contribution >= 0.6 is 0 Å². The highest BCUT2D eigenvalue weighted by Gasteiger charge is 2.35. The summed E-state index contributed by atoms with van der Waals surface area (Å²) in [6, 6.07) is 13.6. The Bertz CT molecular complexity index is 1180. The first-order valence-corrected chi connectivity index (χ1v) is 11.0. The molecule has 0 bridgehead atoms. The van der Waals surface area contributed by atoms with Gasteiger partial charge in [-0.05, 0) is 55.7 Å². The Morgan fingerprint density at radius 3 is 2.21 bits per heavy atom. The van der Waals surface area contributed by atoms with Crippen LogP contribution in [0.5, 0.6) is 0 Å². The third-order valence-corrected chi connectivity index (χ3v) is 6.93. The van der Waals surface area contributed by atoms with Crippen LogP contribution < -0.4 is 4.90 Å². The average Bonchev–Trinajstić information content (AvgIpc) is 2.74. The number of nitriles is 1. The molecule has 29 heavy (non-hydrogen) atoms. The van der Waals surface area contributed by atoms with Crippen LogP contribution in [0.2, 0.25) is 0 Å². The second kappa shape index (κ2) is 7.76. The minimum Gasteiger partial charge on any atom is -0.355 e. The van der Waals surface area contributed by atoms with Crippen LogP contribution in [0.25, 0.3) is 11.0 Å². The van der Waals surface area contributed by atoms with E-state index in [1.165, 1.54) is 12.1 Å². The van der Waals surface area contributed by atoms with Crippen molar-refractivity contribution in [3.8, 4) is 6.07 Å². The van der Waals surface area contributed by atoms with Crippen LogP contribution in [0.1, 0.15) is 30.2 Å². The summed E-state index contributed by atoms with van der Waals surface area (Å²) < 4.78 is 39.7. The number of hydrogen-bond donors (Lipinski definition) is 0. The maximum Gasteiger partial charge on any atom is 0.200 e. The molecule has 0 radical (unpaired) electrons. The number of sulfone groups is 1. The van der Waals surface area contributed by atoms with Gasteiger partial charge in [0, 0.05) is 13.1 Å². The molecule has 3 aromatic rings. The van der Waals surface area contributed by atoms with Gasteiger partial charge >= 0.3 is 0 Å². The van der Waals surface area contributed by atoms with Gasteiger partial charge in [0.25, 0.3) is 0 Å². The fourth-order valence-corrected chi connectivity index (χ4v) is 4.93. The van der Waals surface area contributed by atoms with E-state index >= 15 is 0 Å². The molecule has 2 heterocycles. The summed E-state index contributed by atoms with van der Waals surface area (Å²) >= 11 is 0. The third-order valence-electron chi connectivity index (χ3n) is 5.05. The summed E-state index contributed by atoms with van der Waals surface area (Å²) in [5.74, 6) is -0.113. The zero-order chi connectivity index (χ0) is 20.4. The van der Waals surface area contributed by atoms with E-state index < -0.39 is 20.9 Å². The lowest BCUT2D eigenvalue weighted by Crippen LogP contribution is -2.32. The van der Waals surface area contributed by atoms with E-state index in [1.54, 1.807) is 12.1 Å². The molecule has 0 spiro atoms. The van der Waals surface area contributed by atoms with Gasteiger partial charge in [0.05, 0.1) is 22.0 Å². The first-order chi connectivity index (χ1) is 14.0. The van der Waals surface area contributed by atoms with Crippen molar-refractivity contribution in [2.45, 2.75) is 29.4 Å². The number of para-hydroxylation sites is 2. The molecule has 0 N–H and O–H groups in total. The van der Waals surface area contributed by atoms with Gasteiger partial charge in [-0.2, -0.15) is 5.26 Å². The Labute approximate surface area is 168 Å². The highest BCUT2D eigenvalue weighted by atomic mass is 32.2. The second-order valence-corrected chi connectivity index (χ2v) is 9.01. The van der Waals surface area contributed by atoms with Crippen LogP contribution in [0.15, 0.2) is 53.4 Å². The molecular formula is C21H19FN4O2S. The number of piperidine rings is 1. The summed E-state index contributed by atoms with van der Waals surface area (Å²) in [7, 11) is -4.11. The number of rotatable bonds is 4. The number of fused-ring (bicyclic) bond motifs is 1. The van der Waals surface area contributed by atoms with E-state index in [1.807, 2.05) is 23.1 Å². The van der Waals surface area contributed by atoms with E-state index in [-0.39, 0.29) is 10.6 Å². The molecule has 148 valence electrons. The van der Waals surface area contributed by atoms with Crippen LogP contribution in [0, 0.1) is 17.1 Å². The lowest BCUT2D eigenvalue weighted by molar-refractivity contribution is 0.569. The molecule has 1 atom stereocenters. The Balaban J connectivity index is 1.89. The molecular weight excluding hydrogens is 391 g/mol. The van der Waals surface area contributed by atoms with Crippen molar-refractivity contribution in [2.75, 3.05) is 18.0 Å². The van der Waals surface area contributed by atoms with Gasteiger partial charge in [-0.15, -0.1) is 0 Å². The highest BCUT2D eigenvalue weighted by molar-refractivity contribution is 7.92. The minimum atomic E-state index is -4.11. The largest absolute Gasteiger partial charge is 0.355 e. The zero-order valence-electron chi connectivity index (χ0n) is 15.6. The van der Waals surface area contributed by atoms with Crippen LogP contribution in [0.4, 0.5) is 10.2 Å². The number of aromatic nitrogens is 2. The molecule has 4 rings (SSSR count). The number of hydrogen-bond acceptors (Lipinski definition) is 6. The van der Waals surface area contributed by atoms with E-state index in [2.05, 4.69) is 9.97 Å². The number of anilines is 1. The van der Waals surface area contributed by atoms with Crippen LogP contribution in [-0.2, 0) is 9.84 Å². The predicted molar refractivity (Wildman–Crippen MR) is 108 cm³/mol. The van der Waals surface area contributed by atoms with Gasteiger partial charge in [0.15, 0.2) is 11.1 Å². The molecule has 1 aliphatic rings. The molecule has 1 aliphatic heterocycles. The molecule has 6 nitrogen and oxygen atoms in total. The Kier molecular flexibility index (Phi) is 5.16. The van der Waals surface area contributed by atoms with E-state index in [0.717, 1.165) is 44.5 Å². The van der Waals surface area contributed by atoms with Crippen molar-refractivity contribution >= 4 is 26.7 Å². The SMILES string of the molecule is N#C[C@H](c1nc2ccccc2nc1N1CCCCC1)S(=O)(=O)c1ccc(F)cc1. The third kappa shape index (κ3) is 3.66.